The van der Waals surface area contributed by atoms with Crippen LogP contribution in [-0.4, -0.2) is 17.2 Å². The van der Waals surface area contributed by atoms with Gasteiger partial charge >= 0.3 is 5.97 Å². The van der Waals surface area contributed by atoms with E-state index in [1.807, 2.05) is 6.92 Å². The number of ether oxygens (including phenoxy) is 1. The molecule has 0 aliphatic rings. The molecule has 0 aliphatic carbocycles. The van der Waals surface area contributed by atoms with Gasteiger partial charge in [-0.3, -0.25) is 0 Å². The number of carboxylic acids is 1. The Morgan fingerprint density at radius 1 is 1.56 bits per heavy atom. The number of rotatable bonds is 6. The summed E-state index contributed by atoms with van der Waals surface area (Å²) in [6.07, 6.45) is 0.110. The van der Waals surface area contributed by atoms with Gasteiger partial charge in [0.05, 0.1) is 0 Å². The van der Waals surface area contributed by atoms with Crippen LogP contribution in [-0.2, 0) is 4.79 Å². The molecule has 0 saturated carbocycles. The van der Waals surface area contributed by atoms with Crippen molar-refractivity contribution in [3.8, 4) is 5.75 Å². The molecule has 1 aromatic rings. The monoisotopic (exact) mass is 255 g/mol. The molecule has 0 bridgehead atoms. The number of carbonyl (C=O) groups is 1. The molecular formula is C13H18FNO3. The first-order valence-electron chi connectivity index (χ1n) is 5.90. The normalized spacial score (nSPS) is 14.0. The molecule has 5 heteroatoms. The second-order valence-corrected chi connectivity index (χ2v) is 4.21. The van der Waals surface area contributed by atoms with E-state index < -0.39 is 23.9 Å². The van der Waals surface area contributed by atoms with Gasteiger partial charge in [-0.2, -0.15) is 0 Å². The number of nitrogens with two attached hydrogens (primary N) is 1. The van der Waals surface area contributed by atoms with Gasteiger partial charge in [0.25, 0.3) is 0 Å². The van der Waals surface area contributed by atoms with Crippen molar-refractivity contribution in [1.29, 1.82) is 0 Å². The van der Waals surface area contributed by atoms with E-state index in [1.165, 1.54) is 18.2 Å². The molecule has 0 radical (unpaired) electrons. The molecule has 0 saturated heterocycles. The van der Waals surface area contributed by atoms with E-state index in [1.54, 1.807) is 6.92 Å². The fraction of sp³-hybridized carbons (Fsp3) is 0.462. The van der Waals surface area contributed by atoms with E-state index in [9.17, 15) is 9.18 Å². The van der Waals surface area contributed by atoms with Gasteiger partial charge in [-0.25, -0.2) is 9.18 Å². The van der Waals surface area contributed by atoms with E-state index >= 15 is 0 Å². The first-order valence-corrected chi connectivity index (χ1v) is 5.90. The van der Waals surface area contributed by atoms with Gasteiger partial charge in [0.2, 0.25) is 0 Å². The summed E-state index contributed by atoms with van der Waals surface area (Å²) in [6, 6.07) is 3.81. The molecule has 0 amide bonds. The Kier molecular flexibility index (Phi) is 5.09. The van der Waals surface area contributed by atoms with Gasteiger partial charge in [-0.05, 0) is 19.4 Å². The van der Waals surface area contributed by atoms with Crippen molar-refractivity contribution in [2.75, 3.05) is 0 Å². The van der Waals surface area contributed by atoms with Crippen LogP contribution in [0, 0.1) is 5.82 Å². The highest BCUT2D eigenvalue weighted by Gasteiger charge is 2.19. The molecule has 100 valence electrons. The van der Waals surface area contributed by atoms with Crippen LogP contribution in [0.2, 0.25) is 0 Å². The van der Waals surface area contributed by atoms with Crippen LogP contribution in [0.25, 0.3) is 0 Å². The average molecular weight is 255 g/mol. The smallest absolute Gasteiger partial charge is 0.344 e. The Morgan fingerprint density at radius 3 is 2.67 bits per heavy atom. The Balaban J connectivity index is 2.84. The minimum absolute atomic E-state index is 0.206. The van der Waals surface area contributed by atoms with E-state index in [0.717, 1.165) is 0 Å². The Morgan fingerprint density at radius 2 is 2.22 bits per heavy atom. The maximum atomic E-state index is 13.6. The molecular weight excluding hydrogens is 237 g/mol. The maximum absolute atomic E-state index is 13.6. The number of hydrogen-bond donors (Lipinski definition) is 2. The van der Waals surface area contributed by atoms with Crippen LogP contribution >= 0.6 is 0 Å². The summed E-state index contributed by atoms with van der Waals surface area (Å²) in [4.78, 5) is 10.9. The standard InChI is InChI=1S/C13H18FNO3/c1-3-4-12(13(16)17)18-9-5-6-10(8(2)15)11(14)7-9/h5-8,12H,3-4,15H2,1-2H3,(H,16,17)/t8-,12?/m0/s1. The zero-order chi connectivity index (χ0) is 13.7. The molecule has 2 atom stereocenters. The van der Waals surface area contributed by atoms with Crippen LogP contribution in [0.4, 0.5) is 4.39 Å². The lowest BCUT2D eigenvalue weighted by molar-refractivity contribution is -0.145. The Bertz CT molecular complexity index is 421. The quantitative estimate of drug-likeness (QED) is 0.819. The zero-order valence-electron chi connectivity index (χ0n) is 10.5. The molecule has 0 aliphatic heterocycles. The molecule has 1 unspecified atom stereocenters. The molecule has 0 heterocycles. The van der Waals surface area contributed by atoms with Crippen molar-refractivity contribution in [3.05, 3.63) is 29.6 Å². The first kappa shape index (κ1) is 14.4. The third kappa shape index (κ3) is 3.70. The SMILES string of the molecule is CCCC(Oc1ccc([C@H](C)N)c(F)c1)C(=O)O. The zero-order valence-corrected chi connectivity index (χ0v) is 10.5. The highest BCUT2D eigenvalue weighted by atomic mass is 19.1. The van der Waals surface area contributed by atoms with Crippen molar-refractivity contribution in [3.63, 3.8) is 0 Å². The third-order valence-electron chi connectivity index (χ3n) is 2.57. The molecule has 0 aromatic heterocycles. The molecule has 0 fully saturated rings. The van der Waals surface area contributed by atoms with E-state index in [2.05, 4.69) is 0 Å². The van der Waals surface area contributed by atoms with Crippen LogP contribution in [0.5, 0.6) is 5.75 Å². The minimum atomic E-state index is -1.05. The van der Waals surface area contributed by atoms with Gasteiger partial charge in [-0.15, -0.1) is 0 Å². The molecule has 18 heavy (non-hydrogen) atoms. The lowest BCUT2D eigenvalue weighted by Crippen LogP contribution is -2.26. The van der Waals surface area contributed by atoms with Crippen LogP contribution < -0.4 is 10.5 Å². The largest absolute Gasteiger partial charge is 0.479 e. The van der Waals surface area contributed by atoms with Crippen LogP contribution in [0.1, 0.15) is 38.3 Å². The maximum Gasteiger partial charge on any atom is 0.344 e. The number of halogens is 1. The molecule has 1 aromatic carbocycles. The molecule has 1 rings (SSSR count). The van der Waals surface area contributed by atoms with Gasteiger partial charge < -0.3 is 15.6 Å². The second kappa shape index (κ2) is 6.35. The molecule has 3 N–H and O–H groups in total. The van der Waals surface area contributed by atoms with Crippen molar-refractivity contribution < 1.29 is 19.0 Å². The lowest BCUT2D eigenvalue weighted by Gasteiger charge is -2.15. The molecule has 4 nitrogen and oxygen atoms in total. The first-order chi connectivity index (χ1) is 8.45. The minimum Gasteiger partial charge on any atom is -0.479 e. The van der Waals surface area contributed by atoms with Crippen molar-refractivity contribution in [1.82, 2.24) is 0 Å². The predicted molar refractivity (Wildman–Crippen MR) is 66.0 cm³/mol. The number of aliphatic carboxylic acids is 1. The highest BCUT2D eigenvalue weighted by molar-refractivity contribution is 5.72. The van der Waals surface area contributed by atoms with Crippen molar-refractivity contribution >= 4 is 5.97 Å². The summed E-state index contributed by atoms with van der Waals surface area (Å²) in [5.74, 6) is -1.32. The summed E-state index contributed by atoms with van der Waals surface area (Å²) in [5.41, 5.74) is 5.97. The van der Waals surface area contributed by atoms with Crippen molar-refractivity contribution in [2.24, 2.45) is 5.73 Å². The van der Waals surface area contributed by atoms with E-state index in [0.29, 0.717) is 18.4 Å². The lowest BCUT2D eigenvalue weighted by atomic mass is 10.1. The van der Waals surface area contributed by atoms with Crippen LogP contribution in [0.15, 0.2) is 18.2 Å². The summed E-state index contributed by atoms with van der Waals surface area (Å²) in [5, 5.41) is 8.94. The number of benzene rings is 1. The average Bonchev–Trinajstić information content (AvgIpc) is 2.27. The van der Waals surface area contributed by atoms with Gasteiger partial charge in [-0.1, -0.05) is 19.4 Å². The summed E-state index contributed by atoms with van der Waals surface area (Å²) >= 11 is 0. The summed E-state index contributed by atoms with van der Waals surface area (Å²) in [7, 11) is 0. The number of hydrogen-bond acceptors (Lipinski definition) is 3. The highest BCUT2D eigenvalue weighted by Crippen LogP contribution is 2.22. The predicted octanol–water partition coefficient (Wildman–Crippen LogP) is 2.48. The third-order valence-corrected chi connectivity index (χ3v) is 2.57. The van der Waals surface area contributed by atoms with E-state index in [4.69, 9.17) is 15.6 Å². The fourth-order valence-corrected chi connectivity index (χ4v) is 1.61. The van der Waals surface area contributed by atoms with E-state index in [-0.39, 0.29) is 5.75 Å². The Labute approximate surface area is 106 Å². The molecule has 0 spiro atoms. The number of carboxylic acid groups (broad SMARTS) is 1. The van der Waals surface area contributed by atoms with Crippen LogP contribution in [0.3, 0.4) is 0 Å². The topological polar surface area (TPSA) is 72.5 Å². The van der Waals surface area contributed by atoms with Crippen molar-refractivity contribution in [2.45, 2.75) is 38.8 Å². The summed E-state index contributed by atoms with van der Waals surface area (Å²) in [6.45, 7) is 3.54. The Hall–Kier alpha value is -1.62. The second-order valence-electron chi connectivity index (χ2n) is 4.21. The van der Waals surface area contributed by atoms with Gasteiger partial charge in [0.1, 0.15) is 11.6 Å². The summed E-state index contributed by atoms with van der Waals surface area (Å²) < 4.78 is 18.9. The van der Waals surface area contributed by atoms with Gasteiger partial charge in [0, 0.05) is 17.7 Å². The van der Waals surface area contributed by atoms with Gasteiger partial charge in [0.15, 0.2) is 6.10 Å². The fourth-order valence-electron chi connectivity index (χ4n) is 1.61.